The van der Waals surface area contributed by atoms with Crippen molar-refractivity contribution in [3.63, 3.8) is 0 Å². The molecule has 27 heavy (non-hydrogen) atoms. The normalized spacial score (nSPS) is 28.7. The van der Waals surface area contributed by atoms with Crippen LogP contribution in [-0.4, -0.2) is 93.4 Å². The Morgan fingerprint density at radius 1 is 1.04 bits per heavy atom. The Morgan fingerprint density at radius 3 is 1.89 bits per heavy atom. The number of halogens is 1. The summed E-state index contributed by atoms with van der Waals surface area (Å²) in [6.07, 6.45) is 5.01. The quantitative estimate of drug-likeness (QED) is 0.311. The monoisotopic (exact) mass is 410 g/mol. The van der Waals surface area contributed by atoms with Crippen molar-refractivity contribution >= 4 is 11.6 Å². The van der Waals surface area contributed by atoms with Crippen LogP contribution in [0.25, 0.3) is 0 Å². The third-order valence-corrected chi connectivity index (χ3v) is 5.36. The molecule has 3 rings (SSSR count). The summed E-state index contributed by atoms with van der Waals surface area (Å²) < 4.78 is 27.5. The van der Waals surface area contributed by atoms with E-state index in [9.17, 15) is 0 Å². The molecule has 2 N–H and O–H groups in total. The first-order valence-electron chi connectivity index (χ1n) is 9.96. The molecule has 0 aromatic heterocycles. The van der Waals surface area contributed by atoms with Gasteiger partial charge in [0.2, 0.25) is 0 Å². The molecule has 4 atom stereocenters. The second-order valence-corrected chi connectivity index (χ2v) is 7.94. The van der Waals surface area contributed by atoms with Gasteiger partial charge in [0.1, 0.15) is 12.2 Å². The van der Waals surface area contributed by atoms with Crippen molar-refractivity contribution < 1.29 is 33.9 Å². The lowest BCUT2D eigenvalue weighted by Gasteiger charge is -2.32. The molecule has 3 heterocycles. The number of hydrogen-bond acceptors (Lipinski definition) is 7. The van der Waals surface area contributed by atoms with Crippen LogP contribution >= 0.6 is 11.6 Å². The van der Waals surface area contributed by atoms with Crippen LogP contribution in [0.2, 0.25) is 0 Å². The van der Waals surface area contributed by atoms with Gasteiger partial charge in [-0.05, 0) is 19.3 Å². The Balaban J connectivity index is 0.000000380. The van der Waals surface area contributed by atoms with Gasteiger partial charge >= 0.3 is 0 Å². The van der Waals surface area contributed by atoms with E-state index in [2.05, 4.69) is 6.92 Å². The fourth-order valence-corrected chi connectivity index (χ4v) is 2.80. The van der Waals surface area contributed by atoms with Crippen molar-refractivity contribution in [1.29, 1.82) is 0 Å². The van der Waals surface area contributed by atoms with Gasteiger partial charge in [0.15, 0.2) is 0 Å². The van der Waals surface area contributed by atoms with Gasteiger partial charge in [0, 0.05) is 5.41 Å². The average molecular weight is 411 g/mol. The fraction of sp³-hybridized carbons (Fsp3) is 1.00. The van der Waals surface area contributed by atoms with E-state index >= 15 is 0 Å². The molecule has 160 valence electrons. The van der Waals surface area contributed by atoms with E-state index < -0.39 is 6.10 Å². The first kappa shape index (κ1) is 23.3. The molecule has 0 aromatic rings. The number of hydrogen-bond donors (Lipinski definition) is 2. The second-order valence-electron chi connectivity index (χ2n) is 7.63. The lowest BCUT2D eigenvalue weighted by molar-refractivity contribution is -0.0365. The first-order chi connectivity index (χ1) is 13.1. The highest BCUT2D eigenvalue weighted by Crippen LogP contribution is 2.32. The van der Waals surface area contributed by atoms with E-state index in [0.29, 0.717) is 18.3 Å². The van der Waals surface area contributed by atoms with Gasteiger partial charge in [-0.25, -0.2) is 0 Å². The fourth-order valence-electron chi connectivity index (χ4n) is 2.70. The van der Waals surface area contributed by atoms with Crippen LogP contribution in [0.5, 0.6) is 0 Å². The van der Waals surface area contributed by atoms with Gasteiger partial charge in [0.25, 0.3) is 0 Å². The molecule has 0 aliphatic carbocycles. The summed E-state index contributed by atoms with van der Waals surface area (Å²) >= 11 is 5.04. The molecule has 3 aliphatic heterocycles. The van der Waals surface area contributed by atoms with Gasteiger partial charge in [0.05, 0.1) is 70.9 Å². The lowest BCUT2D eigenvalue weighted by Crippen LogP contribution is -2.33. The van der Waals surface area contributed by atoms with E-state index in [4.69, 9.17) is 45.5 Å². The molecule has 0 aromatic carbocycles. The van der Waals surface area contributed by atoms with Crippen LogP contribution in [0.3, 0.4) is 0 Å². The first-order valence-corrected chi connectivity index (χ1v) is 10.5. The molecular formula is C19H35ClO7. The van der Waals surface area contributed by atoms with Crippen LogP contribution in [-0.2, 0) is 23.7 Å². The number of alkyl halides is 1. The summed E-state index contributed by atoms with van der Waals surface area (Å²) in [5.74, 6) is 0.108. The van der Waals surface area contributed by atoms with Crippen molar-refractivity contribution in [2.75, 3.05) is 58.7 Å². The minimum Gasteiger partial charge on any atom is -0.394 e. The summed E-state index contributed by atoms with van der Waals surface area (Å²) in [6.45, 7) is 7.62. The minimum absolute atomic E-state index is 0.108. The summed E-state index contributed by atoms with van der Waals surface area (Å²) in [5, 5.41) is 16.3. The molecule has 3 fully saturated rings. The predicted molar refractivity (Wildman–Crippen MR) is 101 cm³/mol. The van der Waals surface area contributed by atoms with Crippen LogP contribution in [0, 0.1) is 5.41 Å². The Bertz CT molecular complexity index is 337. The summed E-state index contributed by atoms with van der Waals surface area (Å²) in [6, 6.07) is 0. The minimum atomic E-state index is -0.744. The van der Waals surface area contributed by atoms with Crippen molar-refractivity contribution in [1.82, 2.24) is 0 Å². The van der Waals surface area contributed by atoms with E-state index in [1.807, 2.05) is 0 Å². The number of aliphatic hydroxyl groups is 2. The zero-order valence-electron chi connectivity index (χ0n) is 16.3. The zero-order chi connectivity index (χ0) is 19.5. The molecular weight excluding hydrogens is 376 g/mol. The highest BCUT2D eigenvalue weighted by Gasteiger charge is 2.33. The topological polar surface area (TPSA) is 96.5 Å². The Kier molecular flexibility index (Phi) is 10.8. The van der Waals surface area contributed by atoms with Crippen LogP contribution in [0.1, 0.15) is 32.6 Å². The van der Waals surface area contributed by atoms with Crippen LogP contribution in [0.4, 0.5) is 0 Å². The third-order valence-electron chi connectivity index (χ3n) is 5.00. The number of epoxide rings is 3. The maximum atomic E-state index is 8.28. The summed E-state index contributed by atoms with van der Waals surface area (Å²) in [4.78, 5) is 0. The number of ether oxygens (including phenoxy) is 5. The van der Waals surface area contributed by atoms with Crippen molar-refractivity contribution in [3.8, 4) is 0 Å². The van der Waals surface area contributed by atoms with E-state index in [-0.39, 0.29) is 17.9 Å². The van der Waals surface area contributed by atoms with Gasteiger partial charge in [-0.15, -0.1) is 11.6 Å². The van der Waals surface area contributed by atoms with Gasteiger partial charge in [-0.2, -0.15) is 0 Å². The smallest absolute Gasteiger partial charge is 0.104 e. The van der Waals surface area contributed by atoms with E-state index in [1.54, 1.807) is 0 Å². The van der Waals surface area contributed by atoms with Gasteiger partial charge < -0.3 is 33.9 Å². The van der Waals surface area contributed by atoms with Crippen LogP contribution in [0.15, 0.2) is 0 Å². The molecule has 0 saturated carbocycles. The Morgan fingerprint density at radius 2 is 1.56 bits per heavy atom. The Hall–Kier alpha value is 0.01000. The molecule has 0 radical (unpaired) electrons. The van der Waals surface area contributed by atoms with Gasteiger partial charge in [-0.3, -0.25) is 0 Å². The van der Waals surface area contributed by atoms with Crippen molar-refractivity contribution in [3.05, 3.63) is 0 Å². The SMILES string of the molecule is CCC(CCCC1CO1)(COCC1CO1)COCC1CO1.OCC(O)CCl. The van der Waals surface area contributed by atoms with Crippen molar-refractivity contribution in [2.45, 2.75) is 57.0 Å². The molecule has 3 saturated heterocycles. The molecule has 0 bridgehead atoms. The predicted octanol–water partition coefficient (Wildman–Crippen LogP) is 1.36. The molecule has 8 heteroatoms. The second kappa shape index (κ2) is 12.5. The molecule has 0 spiro atoms. The summed E-state index contributed by atoms with van der Waals surface area (Å²) in [5.41, 5.74) is 0.124. The highest BCUT2D eigenvalue weighted by molar-refractivity contribution is 6.18. The standard InChI is InChI=1S/C16H28O5.C3H7ClO2/c1-2-16(5-3-4-13-8-19-13,11-17-6-14-9-20-14)12-18-7-15-10-21-15;4-1-3(6)2-5/h13-15H,2-12H2,1H3;3,5-6H,1-2H2. The summed E-state index contributed by atoms with van der Waals surface area (Å²) in [7, 11) is 0. The third kappa shape index (κ3) is 10.9. The molecule has 4 unspecified atom stereocenters. The van der Waals surface area contributed by atoms with E-state index in [1.165, 1.54) is 12.8 Å². The van der Waals surface area contributed by atoms with Crippen molar-refractivity contribution in [2.24, 2.45) is 5.41 Å². The number of rotatable bonds is 15. The largest absolute Gasteiger partial charge is 0.394 e. The maximum absolute atomic E-state index is 8.28. The molecule has 3 aliphatic rings. The Labute approximate surface area is 167 Å². The molecule has 7 nitrogen and oxygen atoms in total. The van der Waals surface area contributed by atoms with E-state index in [0.717, 1.165) is 59.1 Å². The van der Waals surface area contributed by atoms with Crippen LogP contribution < -0.4 is 0 Å². The highest BCUT2D eigenvalue weighted by atomic mass is 35.5. The maximum Gasteiger partial charge on any atom is 0.104 e. The average Bonchev–Trinajstić information content (AvgIpc) is 3.52. The van der Waals surface area contributed by atoms with Gasteiger partial charge in [-0.1, -0.05) is 13.3 Å². The lowest BCUT2D eigenvalue weighted by atomic mass is 9.81. The molecule has 0 amide bonds. The number of aliphatic hydroxyl groups excluding tert-OH is 2. The zero-order valence-corrected chi connectivity index (χ0v) is 17.1.